The molecule has 0 fully saturated rings. The molecule has 7 rings (SSSR count). The summed E-state index contributed by atoms with van der Waals surface area (Å²) in [5.41, 5.74) is 10.4. The topological polar surface area (TPSA) is 103 Å². The van der Waals surface area contributed by atoms with Gasteiger partial charge in [0, 0.05) is 36.6 Å². The van der Waals surface area contributed by atoms with Crippen LogP contribution in [0, 0.1) is 6.92 Å². The number of rotatable bonds is 8. The minimum absolute atomic E-state index is 0.226. The molecule has 4 aromatic heterocycles. The van der Waals surface area contributed by atoms with Gasteiger partial charge in [-0.05, 0) is 83.0 Å². The predicted octanol–water partition coefficient (Wildman–Crippen LogP) is 5.51. The Balaban J connectivity index is 1.24. The van der Waals surface area contributed by atoms with Crippen LogP contribution in [0.5, 0.6) is 0 Å². The lowest BCUT2D eigenvalue weighted by molar-refractivity contribution is 0.563. The number of imidazole rings is 1. The van der Waals surface area contributed by atoms with Crippen molar-refractivity contribution >= 4 is 11.2 Å². The molecule has 1 aliphatic rings. The van der Waals surface area contributed by atoms with E-state index in [9.17, 15) is 0 Å². The standard InChI is InChI=1S/C31H31N9/c1-3-28-34-29-20(2)18-23(8-6-16-39-17-7-15-32-39)33-31(29)40(28)27-14-12-22-19-21(11-13-25(22)27)24-9-4-5-10-26(24)30-35-37-38-36-30/h4-5,7,9-11,13,15,17-19,27H,3,6,8,12,14,16H2,1-2H3,(H,35,36,37,38)/t27-/m0/s1. The number of hydrogen-bond acceptors (Lipinski definition) is 6. The predicted molar refractivity (Wildman–Crippen MR) is 154 cm³/mol. The molecule has 0 aliphatic heterocycles. The number of aromatic amines is 1. The maximum atomic E-state index is 5.19. The van der Waals surface area contributed by atoms with E-state index < -0.39 is 0 Å². The first-order valence-electron chi connectivity index (χ1n) is 14.0. The summed E-state index contributed by atoms with van der Waals surface area (Å²) in [4.78, 5) is 10.3. The Morgan fingerprint density at radius 2 is 1.93 bits per heavy atom. The highest BCUT2D eigenvalue weighted by atomic mass is 15.5. The van der Waals surface area contributed by atoms with Gasteiger partial charge in [-0.3, -0.25) is 4.68 Å². The second kappa shape index (κ2) is 10.1. The fraction of sp³-hybridized carbons (Fsp3) is 0.290. The minimum atomic E-state index is 0.226. The molecule has 0 radical (unpaired) electrons. The molecule has 6 aromatic rings. The SMILES string of the molecule is CCc1nc2c(C)cc(CCCn3cccn3)nc2n1[C@H]1CCc2cc(-c3ccccc3-c3nnn[nH]3)ccc21. The number of hydrogen-bond donors (Lipinski definition) is 1. The first-order valence-corrected chi connectivity index (χ1v) is 14.0. The summed E-state index contributed by atoms with van der Waals surface area (Å²) in [6.07, 6.45) is 8.67. The molecule has 200 valence electrons. The van der Waals surface area contributed by atoms with E-state index in [0.717, 1.165) is 72.5 Å². The summed E-state index contributed by atoms with van der Waals surface area (Å²) in [5.74, 6) is 1.78. The lowest BCUT2D eigenvalue weighted by Crippen LogP contribution is -2.12. The summed E-state index contributed by atoms with van der Waals surface area (Å²) in [6, 6.07) is 19.5. The minimum Gasteiger partial charge on any atom is -0.305 e. The zero-order valence-corrected chi connectivity index (χ0v) is 22.7. The number of aryl methyl sites for hydroxylation is 5. The number of pyridine rings is 1. The van der Waals surface area contributed by atoms with Crippen LogP contribution in [0.4, 0.5) is 0 Å². The van der Waals surface area contributed by atoms with E-state index in [1.807, 2.05) is 29.2 Å². The number of H-pyrrole nitrogens is 1. The smallest absolute Gasteiger partial charge is 0.180 e. The zero-order chi connectivity index (χ0) is 27.1. The lowest BCUT2D eigenvalue weighted by atomic mass is 9.96. The number of nitrogens with one attached hydrogen (secondary N) is 1. The fourth-order valence-electron chi connectivity index (χ4n) is 6.13. The summed E-state index contributed by atoms with van der Waals surface area (Å²) in [6.45, 7) is 5.24. The third kappa shape index (κ3) is 4.27. The molecule has 40 heavy (non-hydrogen) atoms. The van der Waals surface area contributed by atoms with E-state index in [-0.39, 0.29) is 6.04 Å². The van der Waals surface area contributed by atoms with Gasteiger partial charge in [-0.25, -0.2) is 15.1 Å². The molecular weight excluding hydrogens is 498 g/mol. The van der Waals surface area contributed by atoms with Crippen LogP contribution in [-0.4, -0.2) is 44.9 Å². The molecule has 9 heteroatoms. The second-order valence-electron chi connectivity index (χ2n) is 10.5. The van der Waals surface area contributed by atoms with E-state index >= 15 is 0 Å². The number of benzene rings is 2. The van der Waals surface area contributed by atoms with Gasteiger partial charge in [0.15, 0.2) is 11.5 Å². The Kier molecular flexibility index (Phi) is 6.18. The highest BCUT2D eigenvalue weighted by molar-refractivity contribution is 5.81. The highest BCUT2D eigenvalue weighted by Gasteiger charge is 2.29. The molecule has 9 nitrogen and oxygen atoms in total. The van der Waals surface area contributed by atoms with E-state index in [2.05, 4.69) is 86.6 Å². The van der Waals surface area contributed by atoms with Crippen molar-refractivity contribution in [3.05, 3.63) is 95.2 Å². The van der Waals surface area contributed by atoms with Crippen molar-refractivity contribution in [2.75, 3.05) is 0 Å². The molecule has 0 saturated heterocycles. The van der Waals surface area contributed by atoms with Gasteiger partial charge < -0.3 is 4.57 Å². The van der Waals surface area contributed by atoms with Gasteiger partial charge >= 0.3 is 0 Å². The summed E-state index contributed by atoms with van der Waals surface area (Å²) >= 11 is 0. The molecule has 0 bridgehead atoms. The number of tetrazole rings is 1. The highest BCUT2D eigenvalue weighted by Crippen LogP contribution is 2.40. The first-order chi connectivity index (χ1) is 19.7. The van der Waals surface area contributed by atoms with E-state index in [0.29, 0.717) is 5.82 Å². The Labute approximate surface area is 232 Å². The van der Waals surface area contributed by atoms with Crippen LogP contribution in [0.15, 0.2) is 67.0 Å². The third-order valence-electron chi connectivity index (χ3n) is 8.00. The maximum Gasteiger partial charge on any atom is 0.180 e. The molecule has 4 heterocycles. The largest absolute Gasteiger partial charge is 0.305 e. The second-order valence-corrected chi connectivity index (χ2v) is 10.5. The van der Waals surface area contributed by atoms with Crippen molar-refractivity contribution < 1.29 is 0 Å². The molecule has 0 unspecified atom stereocenters. The van der Waals surface area contributed by atoms with Crippen LogP contribution in [0.2, 0.25) is 0 Å². The normalized spacial score (nSPS) is 14.7. The quantitative estimate of drug-likeness (QED) is 0.279. The first kappa shape index (κ1) is 24.4. The molecule has 1 aliphatic carbocycles. The average Bonchev–Trinajstić information content (AvgIpc) is 3.79. The summed E-state index contributed by atoms with van der Waals surface area (Å²) in [7, 11) is 0. The van der Waals surface area contributed by atoms with Crippen LogP contribution in [-0.2, 0) is 25.8 Å². The Morgan fingerprint density at radius 3 is 2.73 bits per heavy atom. The Morgan fingerprint density at radius 1 is 1.02 bits per heavy atom. The van der Waals surface area contributed by atoms with E-state index in [1.54, 1.807) is 0 Å². The van der Waals surface area contributed by atoms with Crippen molar-refractivity contribution in [2.45, 2.75) is 58.5 Å². The van der Waals surface area contributed by atoms with Crippen molar-refractivity contribution in [1.29, 1.82) is 0 Å². The van der Waals surface area contributed by atoms with Gasteiger partial charge in [-0.1, -0.05) is 49.4 Å². The van der Waals surface area contributed by atoms with Crippen molar-refractivity contribution in [2.24, 2.45) is 0 Å². The van der Waals surface area contributed by atoms with Gasteiger partial charge in [0.2, 0.25) is 0 Å². The van der Waals surface area contributed by atoms with Crippen LogP contribution < -0.4 is 0 Å². The van der Waals surface area contributed by atoms with Crippen LogP contribution in [0.25, 0.3) is 33.7 Å². The van der Waals surface area contributed by atoms with E-state index in [1.165, 1.54) is 22.3 Å². The third-order valence-corrected chi connectivity index (χ3v) is 8.00. The van der Waals surface area contributed by atoms with Crippen molar-refractivity contribution in [3.63, 3.8) is 0 Å². The van der Waals surface area contributed by atoms with Crippen molar-refractivity contribution in [3.8, 4) is 22.5 Å². The van der Waals surface area contributed by atoms with E-state index in [4.69, 9.17) is 9.97 Å². The average molecular weight is 530 g/mol. The monoisotopic (exact) mass is 529 g/mol. The van der Waals surface area contributed by atoms with Gasteiger partial charge in [0.1, 0.15) is 11.3 Å². The van der Waals surface area contributed by atoms with Gasteiger partial charge in [0.05, 0.1) is 6.04 Å². The molecule has 0 amide bonds. The van der Waals surface area contributed by atoms with Crippen molar-refractivity contribution in [1.82, 2.24) is 44.9 Å². The molecule has 0 spiro atoms. The molecule has 2 aromatic carbocycles. The Bertz CT molecular complexity index is 1780. The van der Waals surface area contributed by atoms with Crippen LogP contribution in [0.1, 0.15) is 54.0 Å². The van der Waals surface area contributed by atoms with Crippen LogP contribution in [0.3, 0.4) is 0 Å². The van der Waals surface area contributed by atoms with Gasteiger partial charge in [-0.2, -0.15) is 5.10 Å². The maximum absolute atomic E-state index is 5.19. The number of nitrogens with zero attached hydrogens (tertiary/aromatic N) is 8. The molecule has 1 atom stereocenters. The summed E-state index contributed by atoms with van der Waals surface area (Å²) in [5, 5.41) is 18.9. The fourth-order valence-corrected chi connectivity index (χ4v) is 6.13. The van der Waals surface area contributed by atoms with Gasteiger partial charge in [0.25, 0.3) is 0 Å². The Hall–Kier alpha value is -4.66. The molecule has 1 N–H and O–H groups in total. The summed E-state index contributed by atoms with van der Waals surface area (Å²) < 4.78 is 4.40. The number of aromatic nitrogens is 9. The van der Waals surface area contributed by atoms with Gasteiger partial charge in [-0.15, -0.1) is 5.10 Å². The lowest BCUT2D eigenvalue weighted by Gasteiger charge is -2.18. The van der Waals surface area contributed by atoms with Crippen LogP contribution >= 0.6 is 0 Å². The molecule has 0 saturated carbocycles. The molecular formula is C31H31N9. The zero-order valence-electron chi connectivity index (χ0n) is 22.7. The number of fused-ring (bicyclic) bond motifs is 2.